The Balaban J connectivity index is 1.93. The second-order valence-electron chi connectivity index (χ2n) is 3.65. The van der Waals surface area contributed by atoms with Gasteiger partial charge in [0.2, 0.25) is 0 Å². The molecule has 0 unspecified atom stereocenters. The Labute approximate surface area is 117 Å². The average molecular weight is 318 g/mol. The zero-order valence-electron chi connectivity index (χ0n) is 9.64. The number of nitrogens with zero attached hydrogens (tertiary/aromatic N) is 5. The lowest BCUT2D eigenvalue weighted by atomic mass is 10.3. The summed E-state index contributed by atoms with van der Waals surface area (Å²) >= 11 is 3.33. The van der Waals surface area contributed by atoms with Crippen molar-refractivity contribution in [1.82, 2.24) is 25.2 Å². The second kappa shape index (κ2) is 5.15. The highest BCUT2D eigenvalue weighted by Gasteiger charge is 2.10. The quantitative estimate of drug-likeness (QED) is 0.743. The maximum absolute atomic E-state index is 5.62. The Kier molecular flexibility index (Phi) is 3.20. The number of pyridine rings is 1. The maximum Gasteiger partial charge on any atom is 0.345 e. The molecular weight excluding hydrogens is 310 g/mol. The van der Waals surface area contributed by atoms with E-state index in [1.165, 1.54) is 4.68 Å². The first-order valence-corrected chi connectivity index (χ1v) is 6.24. The monoisotopic (exact) mass is 317 g/mol. The molecule has 0 amide bonds. The van der Waals surface area contributed by atoms with E-state index in [-0.39, 0.29) is 6.01 Å². The van der Waals surface area contributed by atoms with Crippen molar-refractivity contribution in [3.63, 3.8) is 0 Å². The van der Waals surface area contributed by atoms with E-state index < -0.39 is 0 Å². The minimum atomic E-state index is 0.283. The summed E-state index contributed by atoms with van der Waals surface area (Å²) in [5.41, 5.74) is 0.824. The topological polar surface area (TPSA) is 65.7 Å². The van der Waals surface area contributed by atoms with Crippen molar-refractivity contribution < 1.29 is 4.74 Å². The molecule has 3 aromatic rings. The Morgan fingerprint density at radius 1 is 1.11 bits per heavy atom. The molecule has 0 atom stereocenters. The van der Waals surface area contributed by atoms with Crippen molar-refractivity contribution in [3.8, 4) is 17.4 Å². The van der Waals surface area contributed by atoms with E-state index in [1.807, 2.05) is 30.3 Å². The van der Waals surface area contributed by atoms with Gasteiger partial charge in [-0.25, -0.2) is 0 Å². The summed E-state index contributed by atoms with van der Waals surface area (Å²) in [5, 5.41) is 11.4. The van der Waals surface area contributed by atoms with Gasteiger partial charge < -0.3 is 4.74 Å². The molecule has 19 heavy (non-hydrogen) atoms. The number of ether oxygens (including phenoxy) is 1. The number of hydrogen-bond donors (Lipinski definition) is 0. The Hall–Kier alpha value is -2.28. The molecule has 0 N–H and O–H groups in total. The molecule has 6 nitrogen and oxygen atoms in total. The zero-order chi connectivity index (χ0) is 13.1. The Bertz CT molecular complexity index is 685. The van der Waals surface area contributed by atoms with Crippen LogP contribution in [0.5, 0.6) is 11.8 Å². The highest BCUT2D eigenvalue weighted by atomic mass is 79.9. The predicted molar refractivity (Wildman–Crippen MR) is 71.2 cm³/mol. The minimum absolute atomic E-state index is 0.283. The van der Waals surface area contributed by atoms with E-state index in [9.17, 15) is 0 Å². The highest BCUT2D eigenvalue weighted by molar-refractivity contribution is 9.10. The molecule has 3 rings (SSSR count). The summed E-state index contributed by atoms with van der Waals surface area (Å²) < 4.78 is 7.96. The van der Waals surface area contributed by atoms with Gasteiger partial charge in [-0.1, -0.05) is 23.3 Å². The molecule has 94 valence electrons. The summed E-state index contributed by atoms with van der Waals surface area (Å²) in [6.45, 7) is 0. The van der Waals surface area contributed by atoms with Crippen LogP contribution in [0.2, 0.25) is 0 Å². The molecule has 1 aromatic carbocycles. The maximum atomic E-state index is 5.62. The van der Waals surface area contributed by atoms with Gasteiger partial charge >= 0.3 is 6.01 Å². The number of halogens is 1. The van der Waals surface area contributed by atoms with E-state index in [0.29, 0.717) is 5.75 Å². The van der Waals surface area contributed by atoms with Gasteiger partial charge in [0.05, 0.1) is 11.9 Å². The number of rotatable bonds is 3. The summed E-state index contributed by atoms with van der Waals surface area (Å²) in [6, 6.07) is 11.6. The minimum Gasteiger partial charge on any atom is -0.421 e. The van der Waals surface area contributed by atoms with Crippen LogP contribution in [0.15, 0.2) is 53.3 Å². The molecule has 0 aliphatic rings. The first kappa shape index (κ1) is 11.8. The lowest BCUT2D eigenvalue weighted by molar-refractivity contribution is 0.425. The fraction of sp³-hybridized carbons (Fsp3) is 0. The zero-order valence-corrected chi connectivity index (χ0v) is 11.2. The lowest BCUT2D eigenvalue weighted by Crippen LogP contribution is -2.00. The van der Waals surface area contributed by atoms with Crippen LogP contribution in [0.25, 0.3) is 5.69 Å². The van der Waals surface area contributed by atoms with Gasteiger partial charge in [0.1, 0.15) is 0 Å². The van der Waals surface area contributed by atoms with Crippen molar-refractivity contribution in [3.05, 3.63) is 53.3 Å². The Morgan fingerprint density at radius 3 is 2.74 bits per heavy atom. The fourth-order valence-electron chi connectivity index (χ4n) is 1.53. The molecule has 2 heterocycles. The highest BCUT2D eigenvalue weighted by Crippen LogP contribution is 2.22. The molecule has 0 aliphatic heterocycles. The van der Waals surface area contributed by atoms with Crippen molar-refractivity contribution in [2.45, 2.75) is 0 Å². The van der Waals surface area contributed by atoms with Crippen LogP contribution in [0.1, 0.15) is 0 Å². The van der Waals surface area contributed by atoms with Gasteiger partial charge in [0, 0.05) is 10.7 Å². The van der Waals surface area contributed by atoms with Crippen LogP contribution in [-0.2, 0) is 0 Å². The number of tetrazole rings is 1. The van der Waals surface area contributed by atoms with E-state index in [2.05, 4.69) is 36.4 Å². The van der Waals surface area contributed by atoms with Crippen molar-refractivity contribution in [1.29, 1.82) is 0 Å². The van der Waals surface area contributed by atoms with Crippen LogP contribution < -0.4 is 4.74 Å². The van der Waals surface area contributed by atoms with E-state index >= 15 is 0 Å². The molecule has 2 aromatic heterocycles. The standard InChI is InChI=1S/C12H8BrN5O/c13-9-6-11(8-14-7-9)19-12-15-16-17-18(12)10-4-2-1-3-5-10/h1-8H. The molecular formula is C12H8BrN5O. The van der Waals surface area contributed by atoms with Crippen LogP contribution in [0.3, 0.4) is 0 Å². The molecule has 0 fully saturated rings. The normalized spacial score (nSPS) is 10.4. The van der Waals surface area contributed by atoms with Gasteiger partial charge in [0.15, 0.2) is 5.75 Å². The largest absolute Gasteiger partial charge is 0.421 e. The van der Waals surface area contributed by atoms with Gasteiger partial charge in [-0.3, -0.25) is 4.98 Å². The SMILES string of the molecule is Brc1cncc(Oc2nnnn2-c2ccccc2)c1. The Morgan fingerprint density at radius 2 is 1.95 bits per heavy atom. The van der Waals surface area contributed by atoms with Crippen molar-refractivity contribution in [2.24, 2.45) is 0 Å². The van der Waals surface area contributed by atoms with Crippen molar-refractivity contribution in [2.75, 3.05) is 0 Å². The lowest BCUT2D eigenvalue weighted by Gasteiger charge is -2.05. The third-order valence-corrected chi connectivity index (χ3v) is 2.76. The first-order valence-electron chi connectivity index (χ1n) is 5.45. The van der Waals surface area contributed by atoms with Crippen LogP contribution in [0.4, 0.5) is 0 Å². The molecule has 0 bridgehead atoms. The molecule has 7 heteroatoms. The van der Waals surface area contributed by atoms with Gasteiger partial charge in [-0.05, 0) is 44.6 Å². The summed E-state index contributed by atoms with van der Waals surface area (Å²) in [7, 11) is 0. The summed E-state index contributed by atoms with van der Waals surface area (Å²) in [4.78, 5) is 4.02. The van der Waals surface area contributed by atoms with E-state index in [4.69, 9.17) is 4.74 Å². The predicted octanol–water partition coefficient (Wildman–Crippen LogP) is 2.61. The number of para-hydroxylation sites is 1. The van der Waals surface area contributed by atoms with Crippen LogP contribution >= 0.6 is 15.9 Å². The summed E-state index contributed by atoms with van der Waals surface area (Å²) in [5.74, 6) is 0.557. The third-order valence-electron chi connectivity index (χ3n) is 2.33. The first-order chi connectivity index (χ1) is 9.33. The molecule has 0 saturated carbocycles. The van der Waals surface area contributed by atoms with Crippen LogP contribution in [-0.4, -0.2) is 25.2 Å². The average Bonchev–Trinajstić information content (AvgIpc) is 2.88. The van der Waals surface area contributed by atoms with Gasteiger partial charge in [0.25, 0.3) is 0 Å². The molecule has 0 spiro atoms. The second-order valence-corrected chi connectivity index (χ2v) is 4.57. The molecule has 0 saturated heterocycles. The van der Waals surface area contributed by atoms with E-state index in [1.54, 1.807) is 18.5 Å². The third kappa shape index (κ3) is 2.60. The van der Waals surface area contributed by atoms with Crippen LogP contribution in [0, 0.1) is 0 Å². The summed E-state index contributed by atoms with van der Waals surface area (Å²) in [6.07, 6.45) is 3.27. The van der Waals surface area contributed by atoms with E-state index in [0.717, 1.165) is 10.2 Å². The number of benzene rings is 1. The number of hydrogen-bond acceptors (Lipinski definition) is 5. The molecule has 0 radical (unpaired) electrons. The smallest absolute Gasteiger partial charge is 0.345 e. The number of aromatic nitrogens is 5. The molecule has 0 aliphatic carbocycles. The van der Waals surface area contributed by atoms with Gasteiger partial charge in [-0.2, -0.15) is 4.68 Å². The van der Waals surface area contributed by atoms with Gasteiger partial charge in [-0.15, -0.1) is 0 Å². The van der Waals surface area contributed by atoms with Crippen molar-refractivity contribution >= 4 is 15.9 Å². The fourth-order valence-corrected chi connectivity index (χ4v) is 1.87.